The number of hydrogen-bond donors (Lipinski definition) is 0. The first-order valence-electron chi connectivity index (χ1n) is 8.16. The summed E-state index contributed by atoms with van der Waals surface area (Å²) in [6, 6.07) is 13.4. The molecule has 1 aliphatic rings. The molecule has 0 N–H and O–H groups in total. The quantitative estimate of drug-likeness (QED) is 0.657. The van der Waals surface area contributed by atoms with Crippen LogP contribution in [0.5, 0.6) is 11.5 Å². The fraction of sp³-hybridized carbons (Fsp3) is 0.200. The number of amides is 1. The minimum atomic E-state index is -0.767. The van der Waals surface area contributed by atoms with Crippen LogP contribution in [0.3, 0.4) is 0 Å². The second-order valence-electron chi connectivity index (χ2n) is 5.96. The first-order chi connectivity index (χ1) is 12.7. The molecule has 1 aromatic heterocycles. The summed E-state index contributed by atoms with van der Waals surface area (Å²) in [6.07, 6.45) is 4.73. The average Bonchev–Trinajstić information content (AvgIpc) is 2.98. The first-order valence-corrected chi connectivity index (χ1v) is 8.98. The number of hydrogen-bond acceptors (Lipinski definition) is 4. The molecular formula is C20H16N2O3S. The molecule has 3 aromatic rings. The number of aryl methyl sites for hydroxylation is 1. The molecule has 130 valence electrons. The molecule has 2 aromatic carbocycles. The fourth-order valence-corrected chi connectivity index (χ4v) is 3.95. The number of nitrogens with zero attached hydrogens (tertiary/aromatic N) is 2. The van der Waals surface area contributed by atoms with Crippen molar-refractivity contribution in [2.75, 3.05) is 6.61 Å². The maximum atomic E-state index is 12.6. The zero-order valence-corrected chi connectivity index (χ0v) is 15.0. The number of aromatic nitrogens is 1. The molecule has 1 unspecified atom stereocenters. The Balaban J connectivity index is 1.71. The van der Waals surface area contributed by atoms with Gasteiger partial charge in [0.2, 0.25) is 6.10 Å². The molecule has 0 saturated carbocycles. The number of ether oxygens (including phenoxy) is 2. The third-order valence-corrected chi connectivity index (χ3v) is 5.12. The maximum absolute atomic E-state index is 12.6. The van der Waals surface area contributed by atoms with E-state index in [0.29, 0.717) is 22.8 Å². The summed E-state index contributed by atoms with van der Waals surface area (Å²) >= 11 is 1.44. The Morgan fingerprint density at radius 3 is 2.96 bits per heavy atom. The highest BCUT2D eigenvalue weighted by molar-refractivity contribution is 7.16. The minimum absolute atomic E-state index is 0.137. The Morgan fingerprint density at radius 1 is 1.35 bits per heavy atom. The third kappa shape index (κ3) is 2.98. The van der Waals surface area contributed by atoms with Crippen molar-refractivity contribution in [3.63, 3.8) is 0 Å². The molecule has 26 heavy (non-hydrogen) atoms. The van der Waals surface area contributed by atoms with E-state index >= 15 is 0 Å². The molecule has 6 heteroatoms. The molecule has 0 fully saturated rings. The molecule has 1 aliphatic heterocycles. The highest BCUT2D eigenvalue weighted by Gasteiger charge is 2.27. The van der Waals surface area contributed by atoms with E-state index in [-0.39, 0.29) is 12.5 Å². The molecule has 5 nitrogen and oxygen atoms in total. The molecule has 2 heterocycles. The summed E-state index contributed by atoms with van der Waals surface area (Å²) in [5, 5.41) is 0. The molecule has 4 rings (SSSR count). The van der Waals surface area contributed by atoms with Crippen molar-refractivity contribution in [2.24, 2.45) is 4.99 Å². The van der Waals surface area contributed by atoms with Crippen LogP contribution in [-0.4, -0.2) is 23.2 Å². The van der Waals surface area contributed by atoms with Crippen LogP contribution in [0.2, 0.25) is 0 Å². The Bertz CT molecular complexity index is 1100. The summed E-state index contributed by atoms with van der Waals surface area (Å²) in [4.78, 5) is 17.5. The topological polar surface area (TPSA) is 52.8 Å². The van der Waals surface area contributed by atoms with Crippen molar-refractivity contribution in [1.82, 2.24) is 4.57 Å². The molecule has 0 spiro atoms. The van der Waals surface area contributed by atoms with Gasteiger partial charge in [-0.3, -0.25) is 4.79 Å². The number of fused-ring (bicyclic) bond motifs is 2. The summed E-state index contributed by atoms with van der Waals surface area (Å²) in [6.45, 7) is 2.51. The van der Waals surface area contributed by atoms with Crippen molar-refractivity contribution in [2.45, 2.75) is 19.6 Å². The van der Waals surface area contributed by atoms with Crippen LogP contribution in [0, 0.1) is 19.3 Å². The van der Waals surface area contributed by atoms with Crippen molar-refractivity contribution in [1.29, 1.82) is 0 Å². The average molecular weight is 364 g/mol. The van der Waals surface area contributed by atoms with E-state index in [0.717, 1.165) is 15.8 Å². The van der Waals surface area contributed by atoms with E-state index in [1.165, 1.54) is 11.3 Å². The number of para-hydroxylation sites is 2. The largest absolute Gasteiger partial charge is 0.485 e. The second-order valence-corrected chi connectivity index (χ2v) is 6.97. The molecule has 0 bridgehead atoms. The number of rotatable bonds is 2. The lowest BCUT2D eigenvalue weighted by Gasteiger charge is -2.23. The molecule has 0 radical (unpaired) electrons. The molecule has 1 atom stereocenters. The van der Waals surface area contributed by atoms with E-state index in [4.69, 9.17) is 15.9 Å². The second kappa shape index (κ2) is 6.70. The number of thiazole rings is 1. The lowest BCUT2D eigenvalue weighted by Crippen LogP contribution is -2.36. The highest BCUT2D eigenvalue weighted by Crippen LogP contribution is 2.31. The zero-order chi connectivity index (χ0) is 18.1. The predicted octanol–water partition coefficient (Wildman–Crippen LogP) is 2.91. The van der Waals surface area contributed by atoms with Gasteiger partial charge in [-0.15, -0.1) is 6.42 Å². The zero-order valence-electron chi connectivity index (χ0n) is 14.1. The van der Waals surface area contributed by atoms with Crippen LogP contribution in [0.4, 0.5) is 0 Å². The fourth-order valence-electron chi connectivity index (χ4n) is 2.82. The number of terminal acetylenes is 1. The first kappa shape index (κ1) is 16.4. The van der Waals surface area contributed by atoms with Crippen LogP contribution in [0.25, 0.3) is 10.2 Å². The molecule has 0 saturated heterocycles. The van der Waals surface area contributed by atoms with Crippen molar-refractivity contribution < 1.29 is 14.3 Å². The summed E-state index contributed by atoms with van der Waals surface area (Å²) in [5.41, 5.74) is 2.11. The van der Waals surface area contributed by atoms with E-state index < -0.39 is 6.10 Å². The summed E-state index contributed by atoms with van der Waals surface area (Å²) in [5.74, 6) is 3.43. The third-order valence-electron chi connectivity index (χ3n) is 4.08. The Hall–Kier alpha value is -3.04. The SMILES string of the molecule is C#CCn1c(=NC(=O)C2COc3ccccc3O2)sc2cc(C)ccc21. The van der Waals surface area contributed by atoms with Gasteiger partial charge in [0.05, 0.1) is 16.8 Å². The van der Waals surface area contributed by atoms with Crippen molar-refractivity contribution >= 4 is 27.5 Å². The molecule has 1 amide bonds. The lowest BCUT2D eigenvalue weighted by atomic mass is 10.2. The Labute approximate surface area is 154 Å². The van der Waals surface area contributed by atoms with E-state index in [2.05, 4.69) is 17.0 Å². The van der Waals surface area contributed by atoms with Crippen LogP contribution in [0.15, 0.2) is 47.5 Å². The number of carbonyl (C=O) groups excluding carboxylic acids is 1. The van der Waals surface area contributed by atoms with Crippen molar-refractivity contribution in [3.05, 3.63) is 52.8 Å². The van der Waals surface area contributed by atoms with Gasteiger partial charge in [0.1, 0.15) is 6.61 Å². The molecular weight excluding hydrogens is 348 g/mol. The lowest BCUT2D eigenvalue weighted by molar-refractivity contribution is -0.127. The smallest absolute Gasteiger partial charge is 0.292 e. The summed E-state index contributed by atoms with van der Waals surface area (Å²) in [7, 11) is 0. The van der Waals surface area contributed by atoms with Gasteiger partial charge < -0.3 is 14.0 Å². The van der Waals surface area contributed by atoms with Gasteiger partial charge >= 0.3 is 0 Å². The van der Waals surface area contributed by atoms with Crippen LogP contribution < -0.4 is 14.3 Å². The van der Waals surface area contributed by atoms with E-state index in [1.807, 2.05) is 41.8 Å². The molecule has 0 aliphatic carbocycles. The number of carbonyl (C=O) groups is 1. The normalized spacial score (nSPS) is 16.5. The van der Waals surface area contributed by atoms with Gasteiger partial charge in [-0.2, -0.15) is 4.99 Å². The van der Waals surface area contributed by atoms with Crippen molar-refractivity contribution in [3.8, 4) is 23.8 Å². The van der Waals surface area contributed by atoms with Crippen LogP contribution in [-0.2, 0) is 11.3 Å². The standard InChI is InChI=1S/C20H16N2O3S/c1-3-10-22-14-9-8-13(2)11-18(14)26-20(22)21-19(23)17-12-24-15-6-4-5-7-16(15)25-17/h1,4-9,11,17H,10,12H2,2H3. The minimum Gasteiger partial charge on any atom is -0.485 e. The van der Waals surface area contributed by atoms with E-state index in [9.17, 15) is 4.79 Å². The maximum Gasteiger partial charge on any atom is 0.292 e. The van der Waals surface area contributed by atoms with Gasteiger partial charge in [0.15, 0.2) is 16.3 Å². The Morgan fingerprint density at radius 2 is 2.15 bits per heavy atom. The van der Waals surface area contributed by atoms with Gasteiger partial charge in [-0.05, 0) is 36.8 Å². The summed E-state index contributed by atoms with van der Waals surface area (Å²) < 4.78 is 14.3. The van der Waals surface area contributed by atoms with Crippen LogP contribution >= 0.6 is 11.3 Å². The monoisotopic (exact) mass is 364 g/mol. The van der Waals surface area contributed by atoms with Gasteiger partial charge in [0, 0.05) is 0 Å². The van der Waals surface area contributed by atoms with Crippen LogP contribution in [0.1, 0.15) is 5.56 Å². The number of benzene rings is 2. The van der Waals surface area contributed by atoms with E-state index in [1.54, 1.807) is 6.07 Å². The van der Waals surface area contributed by atoms with Gasteiger partial charge in [-0.25, -0.2) is 0 Å². The Kier molecular flexibility index (Phi) is 4.23. The van der Waals surface area contributed by atoms with Gasteiger partial charge in [0.25, 0.3) is 5.91 Å². The van der Waals surface area contributed by atoms with Gasteiger partial charge in [-0.1, -0.05) is 35.5 Å². The highest BCUT2D eigenvalue weighted by atomic mass is 32.1. The predicted molar refractivity (Wildman–Crippen MR) is 100 cm³/mol.